The predicted octanol–water partition coefficient (Wildman–Crippen LogP) is 3.18. The summed E-state index contributed by atoms with van der Waals surface area (Å²) in [5, 5.41) is 3.79. The molecule has 0 saturated heterocycles. The summed E-state index contributed by atoms with van der Waals surface area (Å²) in [6.45, 7) is 5.56. The summed E-state index contributed by atoms with van der Waals surface area (Å²) in [7, 11) is 0. The molecule has 1 aliphatic heterocycles. The molecule has 0 radical (unpaired) electrons. The Kier molecular flexibility index (Phi) is 3.69. The molecule has 0 spiro atoms. The summed E-state index contributed by atoms with van der Waals surface area (Å²) in [6.07, 6.45) is 3.51. The molecular formula is C15H17NO3. The number of carbonyl (C=O) groups is 1. The molecule has 4 nitrogen and oxygen atoms in total. The number of carbonyl (C=O) groups excluding carboxylic acids is 1. The van der Waals surface area contributed by atoms with Gasteiger partial charge in [-0.25, -0.2) is 0 Å². The average Bonchev–Trinajstić information content (AvgIpc) is 2.50. The van der Waals surface area contributed by atoms with Crippen LogP contribution in [0.5, 0.6) is 5.75 Å². The highest BCUT2D eigenvalue weighted by molar-refractivity contribution is 5.94. The number of hydrogen-bond donors (Lipinski definition) is 0. The number of para-hydroxylation sites is 1. The lowest BCUT2D eigenvalue weighted by Gasteiger charge is -2.20. The molecule has 0 amide bonds. The maximum absolute atomic E-state index is 11.9. The van der Waals surface area contributed by atoms with Crippen molar-refractivity contribution in [3.05, 3.63) is 35.9 Å². The molecular weight excluding hydrogens is 242 g/mol. The summed E-state index contributed by atoms with van der Waals surface area (Å²) in [5.41, 5.74) is 1.23. The molecule has 1 aromatic carbocycles. The second kappa shape index (κ2) is 5.26. The van der Waals surface area contributed by atoms with E-state index in [1.165, 1.54) is 0 Å². The summed E-state index contributed by atoms with van der Waals surface area (Å²) in [4.78, 5) is 17.1. The summed E-state index contributed by atoms with van der Waals surface area (Å²) < 4.78 is 5.33. The van der Waals surface area contributed by atoms with Gasteiger partial charge in [-0.1, -0.05) is 23.4 Å². The second-order valence-corrected chi connectivity index (χ2v) is 5.30. The molecule has 1 aromatic rings. The second-order valence-electron chi connectivity index (χ2n) is 5.30. The lowest BCUT2D eigenvalue weighted by molar-refractivity contribution is -0.153. The minimum Gasteiger partial charge on any atom is -0.460 e. The largest absolute Gasteiger partial charge is 0.460 e. The first-order valence-corrected chi connectivity index (χ1v) is 6.16. The first kappa shape index (κ1) is 13.3. The van der Waals surface area contributed by atoms with Gasteiger partial charge in [0.05, 0.1) is 12.6 Å². The fraction of sp³-hybridized carbons (Fsp3) is 0.333. The monoisotopic (exact) mass is 259 g/mol. The van der Waals surface area contributed by atoms with E-state index in [1.807, 2.05) is 45.0 Å². The maximum Gasteiger partial charge on any atom is 0.310 e. The van der Waals surface area contributed by atoms with Crippen molar-refractivity contribution in [2.75, 3.05) is 0 Å². The van der Waals surface area contributed by atoms with Crippen molar-refractivity contribution in [3.8, 4) is 5.75 Å². The van der Waals surface area contributed by atoms with Crippen molar-refractivity contribution in [3.63, 3.8) is 0 Å². The molecule has 0 atom stereocenters. The van der Waals surface area contributed by atoms with Crippen LogP contribution in [0.25, 0.3) is 5.57 Å². The van der Waals surface area contributed by atoms with Gasteiger partial charge >= 0.3 is 5.97 Å². The van der Waals surface area contributed by atoms with Crippen LogP contribution in [-0.4, -0.2) is 17.8 Å². The van der Waals surface area contributed by atoms with Gasteiger partial charge in [0, 0.05) is 5.56 Å². The molecule has 0 saturated carbocycles. The standard InChI is InChI=1S/C15H17NO3/c1-15(2,3)18-14(17)10-11-8-9-16-19-13-7-5-4-6-12(11)13/h4-9H,10H2,1-3H3. The quantitative estimate of drug-likeness (QED) is 0.766. The minimum atomic E-state index is -0.480. The molecule has 100 valence electrons. The van der Waals surface area contributed by atoms with E-state index in [2.05, 4.69) is 5.16 Å². The van der Waals surface area contributed by atoms with E-state index >= 15 is 0 Å². The highest BCUT2D eigenvalue weighted by Gasteiger charge is 2.19. The van der Waals surface area contributed by atoms with Gasteiger partial charge in [-0.15, -0.1) is 0 Å². The number of ether oxygens (including phenoxy) is 1. The fourth-order valence-corrected chi connectivity index (χ4v) is 1.80. The number of hydrogen-bond acceptors (Lipinski definition) is 4. The smallest absolute Gasteiger partial charge is 0.310 e. The van der Waals surface area contributed by atoms with E-state index in [0.29, 0.717) is 5.75 Å². The van der Waals surface area contributed by atoms with Crippen LogP contribution in [-0.2, 0) is 9.53 Å². The number of oxime groups is 1. The number of nitrogens with zero attached hydrogens (tertiary/aromatic N) is 1. The molecule has 4 heteroatoms. The van der Waals surface area contributed by atoms with Crippen molar-refractivity contribution >= 4 is 17.8 Å². The third-order valence-electron chi connectivity index (χ3n) is 2.48. The Hall–Kier alpha value is -2.10. The Balaban J connectivity index is 2.19. The predicted molar refractivity (Wildman–Crippen MR) is 74.0 cm³/mol. The fourth-order valence-electron chi connectivity index (χ4n) is 1.80. The van der Waals surface area contributed by atoms with Gasteiger partial charge in [-0.05, 0) is 38.5 Å². The van der Waals surface area contributed by atoms with Gasteiger partial charge in [-0.3, -0.25) is 4.79 Å². The van der Waals surface area contributed by atoms with Gasteiger partial charge in [0.2, 0.25) is 0 Å². The van der Waals surface area contributed by atoms with Gasteiger partial charge in [0.15, 0.2) is 5.75 Å². The summed E-state index contributed by atoms with van der Waals surface area (Å²) in [5.74, 6) is 0.384. The molecule has 0 unspecified atom stereocenters. The van der Waals surface area contributed by atoms with Crippen LogP contribution >= 0.6 is 0 Å². The molecule has 1 aliphatic rings. The molecule has 19 heavy (non-hydrogen) atoms. The van der Waals surface area contributed by atoms with Crippen molar-refractivity contribution in [1.82, 2.24) is 0 Å². The van der Waals surface area contributed by atoms with Crippen LogP contribution in [0.2, 0.25) is 0 Å². The highest BCUT2D eigenvalue weighted by Crippen LogP contribution is 2.30. The van der Waals surface area contributed by atoms with Crippen LogP contribution in [0.4, 0.5) is 0 Å². The van der Waals surface area contributed by atoms with E-state index in [9.17, 15) is 4.79 Å². The third kappa shape index (κ3) is 3.68. The number of benzene rings is 1. The zero-order chi connectivity index (χ0) is 13.9. The van der Waals surface area contributed by atoms with Gasteiger partial charge in [0.25, 0.3) is 0 Å². The topological polar surface area (TPSA) is 47.9 Å². The van der Waals surface area contributed by atoms with Crippen LogP contribution in [0.1, 0.15) is 32.8 Å². The number of allylic oxidation sites excluding steroid dienone is 1. The lowest BCUT2D eigenvalue weighted by atomic mass is 10.0. The lowest BCUT2D eigenvalue weighted by Crippen LogP contribution is -2.23. The normalized spacial score (nSPS) is 13.9. The minimum absolute atomic E-state index is 0.198. The van der Waals surface area contributed by atoms with E-state index in [4.69, 9.17) is 9.57 Å². The van der Waals surface area contributed by atoms with Gasteiger partial charge in [-0.2, -0.15) is 0 Å². The SMILES string of the molecule is CC(C)(C)OC(=O)CC1=CC=NOc2ccccc21. The molecule has 0 fully saturated rings. The first-order valence-electron chi connectivity index (χ1n) is 6.16. The molecule has 0 aliphatic carbocycles. The van der Waals surface area contributed by atoms with E-state index in [0.717, 1.165) is 11.1 Å². The van der Waals surface area contributed by atoms with E-state index in [1.54, 1.807) is 12.3 Å². The molecule has 0 bridgehead atoms. The summed E-state index contributed by atoms with van der Waals surface area (Å²) >= 11 is 0. The van der Waals surface area contributed by atoms with Crippen molar-refractivity contribution in [2.24, 2.45) is 5.16 Å². The van der Waals surface area contributed by atoms with Crippen molar-refractivity contribution < 1.29 is 14.4 Å². The average molecular weight is 259 g/mol. The Morgan fingerprint density at radius 1 is 1.32 bits per heavy atom. The van der Waals surface area contributed by atoms with Crippen LogP contribution in [0.15, 0.2) is 35.5 Å². The Morgan fingerprint density at radius 3 is 2.79 bits per heavy atom. The maximum atomic E-state index is 11.9. The van der Waals surface area contributed by atoms with Crippen molar-refractivity contribution in [1.29, 1.82) is 0 Å². The number of rotatable bonds is 2. The van der Waals surface area contributed by atoms with E-state index in [-0.39, 0.29) is 12.4 Å². The van der Waals surface area contributed by atoms with Crippen LogP contribution < -0.4 is 4.84 Å². The Labute approximate surface area is 112 Å². The Bertz CT molecular complexity index is 539. The number of fused-ring (bicyclic) bond motifs is 1. The van der Waals surface area contributed by atoms with Crippen molar-refractivity contribution in [2.45, 2.75) is 32.8 Å². The summed E-state index contributed by atoms with van der Waals surface area (Å²) in [6, 6.07) is 7.49. The van der Waals surface area contributed by atoms with Gasteiger partial charge in [0.1, 0.15) is 5.60 Å². The zero-order valence-corrected chi connectivity index (χ0v) is 11.3. The first-order chi connectivity index (χ1) is 8.96. The molecule has 0 N–H and O–H groups in total. The van der Waals surface area contributed by atoms with Crippen LogP contribution in [0, 0.1) is 0 Å². The van der Waals surface area contributed by atoms with Gasteiger partial charge < -0.3 is 9.57 Å². The highest BCUT2D eigenvalue weighted by atomic mass is 16.6. The molecule has 0 aromatic heterocycles. The molecule has 1 heterocycles. The molecule has 2 rings (SSSR count). The Morgan fingerprint density at radius 2 is 2.05 bits per heavy atom. The van der Waals surface area contributed by atoms with Crippen LogP contribution in [0.3, 0.4) is 0 Å². The zero-order valence-electron chi connectivity index (χ0n) is 11.3. The van der Waals surface area contributed by atoms with E-state index < -0.39 is 5.60 Å². The third-order valence-corrected chi connectivity index (χ3v) is 2.48. The number of esters is 1.